The smallest absolute Gasteiger partial charge is 0.271 e. The van der Waals surface area contributed by atoms with E-state index in [0.29, 0.717) is 5.56 Å². The van der Waals surface area contributed by atoms with Crippen molar-refractivity contribution in [3.05, 3.63) is 63.7 Å². The van der Waals surface area contributed by atoms with Gasteiger partial charge in [-0.2, -0.15) is 5.10 Å². The lowest BCUT2D eigenvalue weighted by molar-refractivity contribution is -0.384. The van der Waals surface area contributed by atoms with Gasteiger partial charge in [-0.3, -0.25) is 14.9 Å². The van der Waals surface area contributed by atoms with Crippen LogP contribution in [0, 0.1) is 16.0 Å². The fourth-order valence-corrected chi connectivity index (χ4v) is 2.51. The Balaban J connectivity index is 1.52. The van der Waals surface area contributed by atoms with Crippen molar-refractivity contribution in [1.82, 2.24) is 5.43 Å². The van der Waals surface area contributed by atoms with Gasteiger partial charge in [-0.1, -0.05) is 13.0 Å². The summed E-state index contributed by atoms with van der Waals surface area (Å²) in [6.45, 7) is 2.22. The van der Waals surface area contributed by atoms with Crippen molar-refractivity contribution in [2.24, 2.45) is 11.0 Å². The molecule has 0 radical (unpaired) electrons. The molecule has 0 bridgehead atoms. The van der Waals surface area contributed by atoms with Crippen LogP contribution >= 0.6 is 0 Å². The number of carbonyl (C=O) groups is 1. The van der Waals surface area contributed by atoms with Crippen LogP contribution in [0.4, 0.5) is 5.69 Å². The van der Waals surface area contributed by atoms with Crippen LogP contribution in [-0.2, 0) is 6.42 Å². The molecule has 0 saturated carbocycles. The van der Waals surface area contributed by atoms with Gasteiger partial charge < -0.3 is 9.47 Å². The van der Waals surface area contributed by atoms with E-state index in [9.17, 15) is 14.9 Å². The number of ether oxygens (including phenoxy) is 2. The van der Waals surface area contributed by atoms with Gasteiger partial charge in [0.05, 0.1) is 4.92 Å². The zero-order chi connectivity index (χ0) is 18.5. The summed E-state index contributed by atoms with van der Waals surface area (Å²) in [6, 6.07) is 11.1. The number of hydrazone groups is 1. The quantitative estimate of drug-likeness (QED) is 0.487. The summed E-state index contributed by atoms with van der Waals surface area (Å²) in [5.41, 5.74) is 3.74. The molecule has 1 aliphatic heterocycles. The van der Waals surface area contributed by atoms with Crippen molar-refractivity contribution in [2.45, 2.75) is 13.3 Å². The average Bonchev–Trinajstić information content (AvgIpc) is 3.09. The summed E-state index contributed by atoms with van der Waals surface area (Å²) in [5, 5.41) is 14.6. The summed E-state index contributed by atoms with van der Waals surface area (Å²) in [6.07, 6.45) is 2.38. The van der Waals surface area contributed by atoms with E-state index >= 15 is 0 Å². The van der Waals surface area contributed by atoms with Crippen LogP contribution in [0.15, 0.2) is 47.6 Å². The van der Waals surface area contributed by atoms with Gasteiger partial charge in [0.1, 0.15) is 0 Å². The highest BCUT2D eigenvalue weighted by Gasteiger charge is 2.14. The standard InChI is InChI=1S/C18H17N3O5/c1-12(8-13-2-7-16-17(9-13)26-11-25-16)10-19-20-18(22)14-3-5-15(6-4-14)21(23)24/h2-7,9-10,12H,8,11H2,1H3,(H,20,22)/t12-/m1/s1. The molecule has 0 saturated heterocycles. The number of nitro benzene ring substituents is 1. The van der Waals surface area contributed by atoms with Crippen molar-refractivity contribution >= 4 is 17.8 Å². The van der Waals surface area contributed by atoms with E-state index in [1.54, 1.807) is 6.21 Å². The van der Waals surface area contributed by atoms with Gasteiger partial charge in [0, 0.05) is 23.9 Å². The van der Waals surface area contributed by atoms with Gasteiger partial charge >= 0.3 is 0 Å². The van der Waals surface area contributed by atoms with E-state index in [2.05, 4.69) is 10.5 Å². The minimum Gasteiger partial charge on any atom is -0.454 e. The van der Waals surface area contributed by atoms with E-state index in [0.717, 1.165) is 23.5 Å². The normalized spacial score (nSPS) is 13.6. The first-order chi connectivity index (χ1) is 12.5. The molecule has 0 unspecified atom stereocenters. The third-order valence-electron chi connectivity index (χ3n) is 3.83. The second kappa shape index (κ2) is 7.64. The van der Waals surface area contributed by atoms with Crippen molar-refractivity contribution in [3.8, 4) is 11.5 Å². The predicted molar refractivity (Wildman–Crippen MR) is 94.5 cm³/mol. The van der Waals surface area contributed by atoms with Crippen molar-refractivity contribution in [3.63, 3.8) is 0 Å². The first kappa shape index (κ1) is 17.4. The first-order valence-electron chi connectivity index (χ1n) is 7.99. The third kappa shape index (κ3) is 4.15. The Morgan fingerprint density at radius 2 is 2.00 bits per heavy atom. The molecule has 8 heteroatoms. The van der Waals surface area contributed by atoms with E-state index in [1.807, 2.05) is 25.1 Å². The Kier molecular flexibility index (Phi) is 5.12. The lowest BCUT2D eigenvalue weighted by Gasteiger charge is -2.07. The minimum atomic E-state index is -0.516. The Labute approximate surface area is 149 Å². The predicted octanol–water partition coefficient (Wildman–Crippen LogP) is 2.92. The van der Waals surface area contributed by atoms with Crippen LogP contribution < -0.4 is 14.9 Å². The van der Waals surface area contributed by atoms with Gasteiger partial charge in [-0.25, -0.2) is 5.43 Å². The minimum absolute atomic E-state index is 0.0672. The lowest BCUT2D eigenvalue weighted by Crippen LogP contribution is -2.18. The molecule has 0 aromatic heterocycles. The van der Waals surface area contributed by atoms with Crippen LogP contribution in [0.25, 0.3) is 0 Å². The molecule has 1 atom stereocenters. The van der Waals surface area contributed by atoms with Crippen molar-refractivity contribution < 1.29 is 19.2 Å². The second-order valence-corrected chi connectivity index (χ2v) is 5.89. The topological polar surface area (TPSA) is 103 Å². The Hall–Kier alpha value is -3.42. The maximum Gasteiger partial charge on any atom is 0.271 e. The SMILES string of the molecule is C[C@@H](C=NNC(=O)c1ccc([N+](=O)[O-])cc1)Cc1ccc2c(c1)OCO2. The molecule has 2 aromatic rings. The molecular formula is C18H17N3O5. The fraction of sp³-hybridized carbons (Fsp3) is 0.222. The molecule has 0 spiro atoms. The number of nitrogens with zero attached hydrogens (tertiary/aromatic N) is 2. The van der Waals surface area contributed by atoms with Crippen LogP contribution in [-0.4, -0.2) is 23.8 Å². The molecular weight excluding hydrogens is 338 g/mol. The monoisotopic (exact) mass is 355 g/mol. The number of nitro groups is 1. The second-order valence-electron chi connectivity index (χ2n) is 5.89. The molecule has 3 rings (SSSR count). The van der Waals surface area contributed by atoms with E-state index in [-0.39, 0.29) is 18.4 Å². The van der Waals surface area contributed by atoms with Gasteiger partial charge in [-0.05, 0) is 42.2 Å². The van der Waals surface area contributed by atoms with Crippen LogP contribution in [0.2, 0.25) is 0 Å². The molecule has 2 aromatic carbocycles. The van der Waals surface area contributed by atoms with E-state index < -0.39 is 10.8 Å². The highest BCUT2D eigenvalue weighted by atomic mass is 16.7. The van der Waals surface area contributed by atoms with Crippen molar-refractivity contribution in [2.75, 3.05) is 6.79 Å². The number of non-ortho nitro benzene ring substituents is 1. The highest BCUT2D eigenvalue weighted by molar-refractivity contribution is 5.94. The largest absolute Gasteiger partial charge is 0.454 e. The van der Waals surface area contributed by atoms with Gasteiger partial charge in [-0.15, -0.1) is 0 Å². The summed E-state index contributed by atoms with van der Waals surface area (Å²) >= 11 is 0. The number of hydrogen-bond donors (Lipinski definition) is 1. The fourth-order valence-electron chi connectivity index (χ4n) is 2.51. The molecule has 1 N–H and O–H groups in total. The molecule has 8 nitrogen and oxygen atoms in total. The first-order valence-corrected chi connectivity index (χ1v) is 7.99. The van der Waals surface area contributed by atoms with Crippen LogP contribution in [0.5, 0.6) is 11.5 Å². The van der Waals surface area contributed by atoms with Crippen molar-refractivity contribution in [1.29, 1.82) is 0 Å². The summed E-state index contributed by atoms with van der Waals surface area (Å²) < 4.78 is 10.6. The number of nitrogens with one attached hydrogen (secondary N) is 1. The van der Waals surface area contributed by atoms with Crippen LogP contribution in [0.3, 0.4) is 0 Å². The molecule has 1 heterocycles. The number of carbonyl (C=O) groups excluding carboxylic acids is 1. The summed E-state index contributed by atoms with van der Waals surface area (Å²) in [5.74, 6) is 1.14. The summed E-state index contributed by atoms with van der Waals surface area (Å²) in [7, 11) is 0. The number of hydrogen-bond acceptors (Lipinski definition) is 6. The molecule has 0 fully saturated rings. The molecule has 1 aliphatic rings. The van der Waals surface area contributed by atoms with Gasteiger partial charge in [0.2, 0.25) is 6.79 Å². The molecule has 26 heavy (non-hydrogen) atoms. The maximum absolute atomic E-state index is 12.0. The molecule has 1 amide bonds. The maximum atomic E-state index is 12.0. The zero-order valence-electron chi connectivity index (χ0n) is 14.0. The highest BCUT2D eigenvalue weighted by Crippen LogP contribution is 2.32. The number of fused-ring (bicyclic) bond motifs is 1. The van der Waals surface area contributed by atoms with E-state index in [4.69, 9.17) is 9.47 Å². The Bertz CT molecular complexity index is 848. The molecule has 0 aliphatic carbocycles. The van der Waals surface area contributed by atoms with Gasteiger partial charge in [0.25, 0.3) is 11.6 Å². The third-order valence-corrected chi connectivity index (χ3v) is 3.83. The Morgan fingerprint density at radius 1 is 1.27 bits per heavy atom. The zero-order valence-corrected chi connectivity index (χ0v) is 14.0. The van der Waals surface area contributed by atoms with Crippen LogP contribution in [0.1, 0.15) is 22.8 Å². The number of amides is 1. The number of rotatable bonds is 6. The lowest BCUT2D eigenvalue weighted by atomic mass is 10.0. The Morgan fingerprint density at radius 3 is 2.73 bits per heavy atom. The molecule has 134 valence electrons. The average molecular weight is 355 g/mol. The number of benzene rings is 2. The van der Waals surface area contributed by atoms with E-state index in [1.165, 1.54) is 24.3 Å². The van der Waals surface area contributed by atoms with Gasteiger partial charge in [0.15, 0.2) is 11.5 Å². The summed E-state index contributed by atoms with van der Waals surface area (Å²) in [4.78, 5) is 22.1.